The molecule has 2 aliphatic rings. The van der Waals surface area contributed by atoms with E-state index in [1.165, 1.54) is 23.4 Å². The lowest BCUT2D eigenvalue weighted by Gasteiger charge is -2.42. The molecule has 0 radical (unpaired) electrons. The Morgan fingerprint density at radius 3 is 2.53 bits per heavy atom. The number of amides is 1. The Morgan fingerprint density at radius 1 is 1.06 bits per heavy atom. The van der Waals surface area contributed by atoms with Crippen LogP contribution in [0.2, 0.25) is 0 Å². The fourth-order valence-electron chi connectivity index (χ4n) is 4.78. The maximum absolute atomic E-state index is 13.3. The molecule has 32 heavy (non-hydrogen) atoms. The number of benzene rings is 1. The second kappa shape index (κ2) is 7.75. The number of carbonyl (C=O) groups excluding carboxylic acids is 1. The van der Waals surface area contributed by atoms with E-state index in [1.54, 1.807) is 41.2 Å². The number of carbonyl (C=O) groups is 1. The predicted octanol–water partition coefficient (Wildman–Crippen LogP) is 2.87. The molecule has 2 atom stereocenters. The lowest BCUT2D eigenvalue weighted by atomic mass is 9.84. The van der Waals surface area contributed by atoms with Gasteiger partial charge in [0.2, 0.25) is 15.9 Å². The van der Waals surface area contributed by atoms with Gasteiger partial charge in [-0.05, 0) is 60.9 Å². The standard InChI is InChI=1S/C23H23N3O5S/c1-15(27)24-18-4-6-19(7-5-18)32(29,30)25-12-16-11-17(14-25)21-9-8-20(22-3-2-10-31-22)23(28)26(21)13-16/h2-10,16-17H,11-14H2,1H3,(H,24,27)/t16-,17+/m0/s1. The molecule has 166 valence electrons. The molecule has 0 saturated carbocycles. The van der Waals surface area contributed by atoms with Gasteiger partial charge in [0, 0.05) is 43.9 Å². The Morgan fingerprint density at radius 2 is 1.84 bits per heavy atom. The van der Waals surface area contributed by atoms with E-state index in [9.17, 15) is 18.0 Å². The zero-order valence-corrected chi connectivity index (χ0v) is 18.3. The number of rotatable bonds is 4. The van der Waals surface area contributed by atoms with Crippen molar-refractivity contribution in [1.82, 2.24) is 8.87 Å². The average Bonchev–Trinajstić information content (AvgIpc) is 3.29. The topological polar surface area (TPSA) is 102 Å². The molecule has 1 amide bonds. The van der Waals surface area contributed by atoms with Crippen molar-refractivity contribution < 1.29 is 17.6 Å². The van der Waals surface area contributed by atoms with Gasteiger partial charge >= 0.3 is 0 Å². The molecular weight excluding hydrogens is 430 g/mol. The molecule has 8 nitrogen and oxygen atoms in total. The highest BCUT2D eigenvalue weighted by Crippen LogP contribution is 2.38. The number of hydrogen-bond donors (Lipinski definition) is 1. The van der Waals surface area contributed by atoms with Gasteiger partial charge in [-0.2, -0.15) is 4.31 Å². The molecule has 2 bridgehead atoms. The number of nitrogens with one attached hydrogen (secondary N) is 1. The molecule has 5 rings (SSSR count). The van der Waals surface area contributed by atoms with E-state index < -0.39 is 10.0 Å². The summed E-state index contributed by atoms with van der Waals surface area (Å²) >= 11 is 0. The second-order valence-corrected chi connectivity index (χ2v) is 10.3. The molecule has 0 aliphatic carbocycles. The minimum absolute atomic E-state index is 0.0470. The van der Waals surface area contributed by atoms with Gasteiger partial charge in [-0.3, -0.25) is 9.59 Å². The maximum Gasteiger partial charge on any atom is 0.261 e. The van der Waals surface area contributed by atoms with E-state index in [4.69, 9.17) is 4.42 Å². The fourth-order valence-corrected chi connectivity index (χ4v) is 6.34. The van der Waals surface area contributed by atoms with Crippen molar-refractivity contribution in [3.05, 3.63) is 70.8 Å². The van der Waals surface area contributed by atoms with Crippen LogP contribution in [0.3, 0.4) is 0 Å². The lowest BCUT2D eigenvalue weighted by molar-refractivity contribution is -0.114. The van der Waals surface area contributed by atoms with Crippen LogP contribution in [0.15, 0.2) is 68.9 Å². The third-order valence-electron chi connectivity index (χ3n) is 6.17. The van der Waals surface area contributed by atoms with E-state index in [0.717, 1.165) is 12.1 Å². The average molecular weight is 454 g/mol. The number of hydrogen-bond acceptors (Lipinski definition) is 5. The first-order chi connectivity index (χ1) is 15.3. The summed E-state index contributed by atoms with van der Waals surface area (Å²) in [6.45, 7) is 2.57. The Hall–Kier alpha value is -3.17. The molecule has 9 heteroatoms. The normalized spacial score (nSPS) is 20.5. The van der Waals surface area contributed by atoms with E-state index in [1.807, 2.05) is 6.07 Å². The number of pyridine rings is 1. The van der Waals surface area contributed by atoms with Crippen LogP contribution in [0.1, 0.15) is 25.0 Å². The van der Waals surface area contributed by atoms with Crippen molar-refractivity contribution >= 4 is 21.6 Å². The highest BCUT2D eigenvalue weighted by Gasteiger charge is 2.39. The Balaban J connectivity index is 1.43. The summed E-state index contributed by atoms with van der Waals surface area (Å²) in [5.41, 5.74) is 1.83. The van der Waals surface area contributed by atoms with Crippen molar-refractivity contribution in [2.45, 2.75) is 30.7 Å². The van der Waals surface area contributed by atoms with E-state index in [-0.39, 0.29) is 28.2 Å². The Labute approximate surface area is 185 Å². The predicted molar refractivity (Wildman–Crippen MR) is 119 cm³/mol. The van der Waals surface area contributed by atoms with Crippen LogP contribution in [0.5, 0.6) is 0 Å². The van der Waals surface area contributed by atoms with Crippen molar-refractivity contribution in [2.24, 2.45) is 5.92 Å². The fraction of sp³-hybridized carbons (Fsp3) is 0.304. The van der Waals surface area contributed by atoms with Crippen LogP contribution >= 0.6 is 0 Å². The minimum Gasteiger partial charge on any atom is -0.464 e. The smallest absolute Gasteiger partial charge is 0.261 e. The van der Waals surface area contributed by atoms with Crippen molar-refractivity contribution in [3.8, 4) is 11.3 Å². The molecule has 3 aromatic rings. The summed E-state index contributed by atoms with van der Waals surface area (Å²) in [6.07, 6.45) is 2.39. The van der Waals surface area contributed by atoms with Crippen molar-refractivity contribution in [1.29, 1.82) is 0 Å². The summed E-state index contributed by atoms with van der Waals surface area (Å²) < 4.78 is 35.3. The number of sulfonamides is 1. The zero-order valence-electron chi connectivity index (χ0n) is 17.5. The van der Waals surface area contributed by atoms with Gasteiger partial charge in [0.25, 0.3) is 5.56 Å². The Kier molecular flexibility index (Phi) is 5.02. The van der Waals surface area contributed by atoms with Crippen LogP contribution in [-0.2, 0) is 21.4 Å². The SMILES string of the molecule is CC(=O)Nc1ccc(S(=O)(=O)N2C[C@@H]3C[C@H](C2)c2ccc(-c4ccco4)c(=O)n2C3)cc1. The van der Waals surface area contributed by atoms with E-state index >= 15 is 0 Å². The summed E-state index contributed by atoms with van der Waals surface area (Å²) in [6, 6.07) is 13.4. The number of aromatic nitrogens is 1. The molecule has 1 N–H and O–H groups in total. The number of piperidine rings is 1. The largest absolute Gasteiger partial charge is 0.464 e. The number of anilines is 1. The summed E-state index contributed by atoms with van der Waals surface area (Å²) in [5, 5.41) is 2.64. The van der Waals surface area contributed by atoms with Crippen LogP contribution in [0.25, 0.3) is 11.3 Å². The highest BCUT2D eigenvalue weighted by atomic mass is 32.2. The highest BCUT2D eigenvalue weighted by molar-refractivity contribution is 7.89. The Bertz CT molecular complexity index is 1330. The molecule has 2 aliphatic heterocycles. The first-order valence-corrected chi connectivity index (χ1v) is 11.9. The molecule has 1 aromatic carbocycles. The molecule has 0 spiro atoms. The van der Waals surface area contributed by atoms with Gasteiger partial charge in [0.05, 0.1) is 16.7 Å². The minimum atomic E-state index is -3.69. The summed E-state index contributed by atoms with van der Waals surface area (Å²) in [5.74, 6) is 0.329. The van der Waals surface area contributed by atoms with Crippen LogP contribution in [0, 0.1) is 5.92 Å². The van der Waals surface area contributed by atoms with Gasteiger partial charge < -0.3 is 14.3 Å². The first-order valence-electron chi connectivity index (χ1n) is 10.5. The molecule has 1 saturated heterocycles. The van der Waals surface area contributed by atoms with Crippen molar-refractivity contribution in [2.75, 3.05) is 18.4 Å². The van der Waals surface area contributed by atoms with Gasteiger partial charge in [0.15, 0.2) is 0 Å². The first kappa shape index (κ1) is 20.7. The molecule has 2 aromatic heterocycles. The van der Waals surface area contributed by atoms with Crippen molar-refractivity contribution in [3.63, 3.8) is 0 Å². The quantitative estimate of drug-likeness (QED) is 0.655. The van der Waals surface area contributed by atoms with Gasteiger partial charge in [0.1, 0.15) is 5.76 Å². The summed E-state index contributed by atoms with van der Waals surface area (Å²) in [7, 11) is -3.69. The van der Waals surface area contributed by atoms with E-state index in [0.29, 0.717) is 36.6 Å². The molecule has 1 fully saturated rings. The number of fused-ring (bicyclic) bond motifs is 4. The maximum atomic E-state index is 13.3. The van der Waals surface area contributed by atoms with Gasteiger partial charge in [-0.25, -0.2) is 8.42 Å². The van der Waals surface area contributed by atoms with Gasteiger partial charge in [-0.15, -0.1) is 0 Å². The third-order valence-corrected chi connectivity index (χ3v) is 8.02. The number of furan rings is 1. The second-order valence-electron chi connectivity index (χ2n) is 8.39. The molecular formula is C23H23N3O5S. The monoisotopic (exact) mass is 453 g/mol. The van der Waals surface area contributed by atoms with Gasteiger partial charge in [-0.1, -0.05) is 0 Å². The lowest BCUT2D eigenvalue weighted by Crippen LogP contribution is -2.49. The number of nitrogens with zero attached hydrogens (tertiary/aromatic N) is 2. The van der Waals surface area contributed by atoms with Crippen LogP contribution in [0.4, 0.5) is 5.69 Å². The van der Waals surface area contributed by atoms with E-state index in [2.05, 4.69) is 5.32 Å². The van der Waals surface area contributed by atoms with Crippen LogP contribution in [-0.4, -0.2) is 36.3 Å². The zero-order chi connectivity index (χ0) is 22.5. The van der Waals surface area contributed by atoms with Crippen LogP contribution < -0.4 is 10.9 Å². The summed E-state index contributed by atoms with van der Waals surface area (Å²) in [4.78, 5) is 24.5. The molecule has 4 heterocycles. The molecule has 0 unspecified atom stereocenters. The third kappa shape index (κ3) is 3.57.